The molecule has 0 bridgehead atoms. The van der Waals surface area contributed by atoms with Gasteiger partial charge in [0.1, 0.15) is 0 Å². The summed E-state index contributed by atoms with van der Waals surface area (Å²) in [5.41, 5.74) is 5.61. The number of carbonyl (C=O) groups is 1. The van der Waals surface area contributed by atoms with Crippen molar-refractivity contribution in [2.45, 2.75) is 6.54 Å². The van der Waals surface area contributed by atoms with Crippen LogP contribution < -0.4 is 20.0 Å². The third-order valence-electron chi connectivity index (χ3n) is 5.88. The highest BCUT2D eigenvalue weighted by Gasteiger charge is 2.22. The fourth-order valence-electron chi connectivity index (χ4n) is 3.94. The Morgan fingerprint density at radius 3 is 2.66 bits per heavy atom. The first-order chi connectivity index (χ1) is 18.6. The highest BCUT2D eigenvalue weighted by molar-refractivity contribution is 7.18. The van der Waals surface area contributed by atoms with E-state index in [0.29, 0.717) is 43.0 Å². The third-order valence-corrected chi connectivity index (χ3v) is 7.06. The Hall–Kier alpha value is -3.41. The van der Waals surface area contributed by atoms with Crippen LogP contribution in [0.2, 0.25) is 0 Å². The molecule has 5 rings (SSSR count). The molecule has 38 heavy (non-hydrogen) atoms. The van der Waals surface area contributed by atoms with Crippen molar-refractivity contribution in [3.63, 3.8) is 0 Å². The minimum absolute atomic E-state index is 0.287. The number of hydrogen-bond acceptors (Lipinski definition) is 12. The lowest BCUT2D eigenvalue weighted by Gasteiger charge is -2.28. The first kappa shape index (κ1) is 26.2. The summed E-state index contributed by atoms with van der Waals surface area (Å²) < 4.78 is 11.8. The quantitative estimate of drug-likeness (QED) is 0.243. The minimum atomic E-state index is -0.404. The SMILES string of the molecule is COc1ccc(-c2nc(N3CCOCC3)c3scc(CN(C)c4ncc(C(=O)NO[CH2][Al])cn4)c3n2)cn1. The number of hydroxylamine groups is 1. The molecule has 4 aromatic rings. The van der Waals surface area contributed by atoms with E-state index in [0.717, 1.165) is 40.3 Å². The molecule has 14 heteroatoms. The molecular formula is C24H25AlN8O4S. The van der Waals surface area contributed by atoms with Gasteiger partial charge in [0, 0.05) is 62.5 Å². The standard InChI is InChI=1S/C24H25N8O4S.Al/c1-31(24-26-11-16(12-27-24)23(33)30-35-3)13-17-14-37-20-19(17)28-21(15-4-5-18(34-2)25-10-15)29-22(20)32-6-8-36-9-7-32;/h4-5,10-12,14H,3,6-9,13H2,1-2H3,(H,30,33);. The Balaban J connectivity index is 1.45. The number of morpholine rings is 1. The van der Waals surface area contributed by atoms with E-state index in [-0.39, 0.29) is 5.47 Å². The molecule has 4 aromatic heterocycles. The zero-order chi connectivity index (χ0) is 26.5. The molecule has 12 nitrogen and oxygen atoms in total. The van der Waals surface area contributed by atoms with Crippen LogP contribution in [0.4, 0.5) is 11.8 Å². The van der Waals surface area contributed by atoms with Gasteiger partial charge in [-0.1, -0.05) is 0 Å². The first-order valence-electron chi connectivity index (χ1n) is 11.8. The van der Waals surface area contributed by atoms with Crippen molar-refractivity contribution < 1.29 is 19.1 Å². The van der Waals surface area contributed by atoms with E-state index in [9.17, 15) is 4.79 Å². The van der Waals surface area contributed by atoms with Crippen molar-refractivity contribution in [2.24, 2.45) is 0 Å². The average molecular weight is 549 g/mol. The number of amides is 1. The number of anilines is 2. The second-order valence-electron chi connectivity index (χ2n) is 8.37. The Bertz CT molecular complexity index is 1400. The number of rotatable bonds is 9. The second-order valence-corrected chi connectivity index (χ2v) is 9.58. The number of ether oxygens (including phenoxy) is 2. The second kappa shape index (κ2) is 12.0. The van der Waals surface area contributed by atoms with Crippen molar-refractivity contribution in [1.82, 2.24) is 30.4 Å². The fraction of sp³-hybridized carbons (Fsp3) is 0.333. The van der Waals surface area contributed by atoms with Crippen molar-refractivity contribution >= 4 is 55.5 Å². The predicted octanol–water partition coefficient (Wildman–Crippen LogP) is 1.81. The summed E-state index contributed by atoms with van der Waals surface area (Å²) in [4.78, 5) is 44.1. The fourth-order valence-corrected chi connectivity index (χ4v) is 5.04. The summed E-state index contributed by atoms with van der Waals surface area (Å²) in [6.07, 6.45) is 4.66. The summed E-state index contributed by atoms with van der Waals surface area (Å²) in [5.74, 6) is 2.09. The topological polar surface area (TPSA) is 128 Å². The minimum Gasteiger partial charge on any atom is -0.481 e. The molecule has 0 atom stereocenters. The van der Waals surface area contributed by atoms with Crippen LogP contribution in [0.5, 0.6) is 5.88 Å². The molecule has 1 aliphatic rings. The molecule has 0 spiro atoms. The van der Waals surface area contributed by atoms with E-state index in [1.807, 2.05) is 18.0 Å². The molecule has 194 valence electrons. The van der Waals surface area contributed by atoms with E-state index in [4.69, 9.17) is 24.3 Å². The van der Waals surface area contributed by atoms with E-state index in [1.54, 1.807) is 30.7 Å². The third kappa shape index (κ3) is 5.69. The normalized spacial score (nSPS) is 13.5. The van der Waals surface area contributed by atoms with Crippen LogP contribution in [0.1, 0.15) is 15.9 Å². The Morgan fingerprint density at radius 2 is 1.97 bits per heavy atom. The molecule has 1 fully saturated rings. The van der Waals surface area contributed by atoms with E-state index in [1.165, 1.54) is 12.4 Å². The largest absolute Gasteiger partial charge is 0.481 e. The number of methoxy groups -OCH3 is 1. The van der Waals surface area contributed by atoms with Gasteiger partial charge in [-0.05, 0) is 16.9 Å². The zero-order valence-corrected chi connectivity index (χ0v) is 22.9. The maximum Gasteiger partial charge on any atom is 0.277 e. The van der Waals surface area contributed by atoms with Crippen molar-refractivity contribution in [1.29, 1.82) is 0 Å². The number of nitrogens with one attached hydrogen (secondary N) is 1. The van der Waals surface area contributed by atoms with Gasteiger partial charge in [-0.25, -0.2) is 30.4 Å². The highest BCUT2D eigenvalue weighted by Crippen LogP contribution is 2.35. The van der Waals surface area contributed by atoms with Crippen molar-refractivity contribution in [2.75, 3.05) is 55.7 Å². The van der Waals surface area contributed by atoms with E-state index >= 15 is 0 Å². The molecule has 0 unspecified atom stereocenters. The monoisotopic (exact) mass is 548 g/mol. The number of nitrogens with zero attached hydrogens (tertiary/aromatic N) is 7. The van der Waals surface area contributed by atoms with E-state index < -0.39 is 5.91 Å². The number of aromatic nitrogens is 5. The van der Waals surface area contributed by atoms with Crippen LogP contribution >= 0.6 is 11.3 Å². The predicted molar refractivity (Wildman–Crippen MR) is 144 cm³/mol. The molecule has 0 saturated carbocycles. The molecule has 1 saturated heterocycles. The lowest BCUT2D eigenvalue weighted by Crippen LogP contribution is -2.36. The summed E-state index contributed by atoms with van der Waals surface area (Å²) in [6, 6.07) is 3.71. The number of fused-ring (bicyclic) bond motifs is 1. The van der Waals surface area contributed by atoms with Gasteiger partial charge in [0.2, 0.25) is 11.8 Å². The smallest absolute Gasteiger partial charge is 0.277 e. The average Bonchev–Trinajstić information content (AvgIpc) is 3.38. The lowest BCUT2D eigenvalue weighted by atomic mass is 10.2. The number of pyridine rings is 1. The van der Waals surface area contributed by atoms with Gasteiger partial charge in [-0.15, -0.1) is 11.3 Å². The summed E-state index contributed by atoms with van der Waals surface area (Å²) in [5, 5.41) is 2.09. The number of thiophene rings is 1. The van der Waals surface area contributed by atoms with Crippen molar-refractivity contribution in [3.05, 3.63) is 47.2 Å². The Labute approximate surface area is 231 Å². The van der Waals surface area contributed by atoms with Crippen LogP contribution in [0.3, 0.4) is 0 Å². The van der Waals surface area contributed by atoms with Gasteiger partial charge in [-0.3, -0.25) is 9.63 Å². The molecule has 0 aromatic carbocycles. The van der Waals surface area contributed by atoms with Crippen molar-refractivity contribution in [3.8, 4) is 17.3 Å². The summed E-state index contributed by atoms with van der Waals surface area (Å²) >= 11 is 3.98. The summed E-state index contributed by atoms with van der Waals surface area (Å²) in [6.45, 7) is 3.34. The molecular weight excluding hydrogens is 523 g/mol. The number of hydrogen-bond donors (Lipinski definition) is 1. The molecule has 1 amide bonds. The zero-order valence-electron chi connectivity index (χ0n) is 21.0. The first-order valence-corrected chi connectivity index (χ1v) is 13.5. The van der Waals surface area contributed by atoms with Crippen LogP contribution in [0, 0.1) is 0 Å². The van der Waals surface area contributed by atoms with Crippen LogP contribution in [-0.2, 0) is 16.1 Å². The van der Waals surface area contributed by atoms with Gasteiger partial charge in [0.05, 0.1) is 36.1 Å². The lowest BCUT2D eigenvalue weighted by molar-refractivity contribution is 0.0476. The van der Waals surface area contributed by atoms with Gasteiger partial charge in [0.15, 0.2) is 27.9 Å². The molecule has 0 aliphatic carbocycles. The van der Waals surface area contributed by atoms with Crippen LogP contribution in [-0.4, -0.2) is 93.0 Å². The maximum absolute atomic E-state index is 12.1. The molecule has 1 N–H and O–H groups in total. The van der Waals surface area contributed by atoms with E-state index in [2.05, 4.69) is 47.0 Å². The molecule has 1 aliphatic heterocycles. The highest BCUT2D eigenvalue weighted by atomic mass is 32.1. The Kier molecular flexibility index (Phi) is 8.26. The summed E-state index contributed by atoms with van der Waals surface area (Å²) in [7, 11) is 3.48. The van der Waals surface area contributed by atoms with Gasteiger partial charge in [0.25, 0.3) is 5.91 Å². The van der Waals surface area contributed by atoms with Crippen LogP contribution in [0.15, 0.2) is 36.1 Å². The molecule has 5 heterocycles. The van der Waals surface area contributed by atoms with Gasteiger partial charge in [-0.2, -0.15) is 0 Å². The maximum atomic E-state index is 12.1. The van der Waals surface area contributed by atoms with Gasteiger partial charge < -0.3 is 19.3 Å². The molecule has 2 radical (unpaired) electrons. The van der Waals surface area contributed by atoms with Gasteiger partial charge >= 0.3 is 0 Å². The number of carbonyl (C=O) groups excluding carboxylic acids is 1. The van der Waals surface area contributed by atoms with Crippen LogP contribution in [0.25, 0.3) is 21.6 Å². The Morgan fingerprint density at radius 1 is 1.18 bits per heavy atom.